The standard InChI is InChI=1S/C17H12F4N6O2/c18-9-5-10(19)15(21)16(14(9)20)27-26-12-6-11(8-1-3-22-4-2-8)24-17(25-12)23-7-13(28)29/h1-6,27H,7H2,(H,28,29)(H2,23,24,25,26). The molecule has 0 amide bonds. The molecule has 2 aromatic heterocycles. The summed E-state index contributed by atoms with van der Waals surface area (Å²) in [6.07, 6.45) is 2.99. The first kappa shape index (κ1) is 19.8. The number of benzene rings is 1. The highest BCUT2D eigenvalue weighted by atomic mass is 19.2. The van der Waals surface area contributed by atoms with Gasteiger partial charge in [0.1, 0.15) is 12.2 Å². The maximum absolute atomic E-state index is 13.8. The third kappa shape index (κ3) is 4.66. The van der Waals surface area contributed by atoms with Crippen molar-refractivity contribution in [2.45, 2.75) is 0 Å². The number of aromatic nitrogens is 3. The Bertz CT molecular complexity index is 1030. The fraction of sp³-hybridized carbons (Fsp3) is 0.0588. The first-order valence-corrected chi connectivity index (χ1v) is 7.95. The van der Waals surface area contributed by atoms with Crippen molar-refractivity contribution < 1.29 is 27.5 Å². The maximum atomic E-state index is 13.8. The number of pyridine rings is 1. The smallest absolute Gasteiger partial charge is 0.322 e. The van der Waals surface area contributed by atoms with Gasteiger partial charge in [-0.05, 0) is 12.1 Å². The third-order valence-electron chi connectivity index (χ3n) is 3.53. The lowest BCUT2D eigenvalue weighted by Gasteiger charge is -2.13. The van der Waals surface area contributed by atoms with Crippen LogP contribution in [0.4, 0.5) is 35.0 Å². The number of anilines is 3. The Morgan fingerprint density at radius 2 is 1.62 bits per heavy atom. The second-order valence-corrected chi connectivity index (χ2v) is 5.54. The van der Waals surface area contributed by atoms with Crippen molar-refractivity contribution in [1.82, 2.24) is 15.0 Å². The van der Waals surface area contributed by atoms with Gasteiger partial charge in [-0.1, -0.05) is 0 Å². The molecule has 3 rings (SSSR count). The largest absolute Gasteiger partial charge is 0.480 e. The van der Waals surface area contributed by atoms with E-state index >= 15 is 0 Å². The Balaban J connectivity index is 1.92. The normalized spacial score (nSPS) is 10.5. The monoisotopic (exact) mass is 408 g/mol. The molecule has 2 heterocycles. The summed E-state index contributed by atoms with van der Waals surface area (Å²) in [7, 11) is 0. The van der Waals surface area contributed by atoms with E-state index in [-0.39, 0.29) is 17.8 Å². The van der Waals surface area contributed by atoms with Crippen molar-refractivity contribution in [2.75, 3.05) is 22.7 Å². The molecule has 0 aliphatic heterocycles. The lowest BCUT2D eigenvalue weighted by atomic mass is 10.2. The Morgan fingerprint density at radius 1 is 0.966 bits per heavy atom. The summed E-state index contributed by atoms with van der Waals surface area (Å²) in [5.74, 6) is -7.79. The summed E-state index contributed by atoms with van der Waals surface area (Å²) in [5, 5.41) is 11.2. The van der Waals surface area contributed by atoms with Crippen LogP contribution in [0.2, 0.25) is 0 Å². The van der Waals surface area contributed by atoms with E-state index in [4.69, 9.17) is 5.11 Å². The van der Waals surface area contributed by atoms with Crippen molar-refractivity contribution in [3.05, 3.63) is 59.9 Å². The van der Waals surface area contributed by atoms with Gasteiger partial charge in [-0.15, -0.1) is 0 Å². The lowest BCUT2D eigenvalue weighted by Crippen LogP contribution is -2.17. The molecule has 4 N–H and O–H groups in total. The van der Waals surface area contributed by atoms with Gasteiger partial charge < -0.3 is 10.4 Å². The average molecular weight is 408 g/mol. The molecule has 0 spiro atoms. The number of nitrogens with zero attached hydrogens (tertiary/aromatic N) is 3. The number of hydrazine groups is 1. The van der Waals surface area contributed by atoms with Crippen LogP contribution in [0.15, 0.2) is 36.7 Å². The molecule has 1 aromatic carbocycles. The highest BCUT2D eigenvalue weighted by Crippen LogP contribution is 2.25. The first-order chi connectivity index (χ1) is 13.8. The van der Waals surface area contributed by atoms with Gasteiger partial charge in [-0.3, -0.25) is 20.6 Å². The van der Waals surface area contributed by atoms with Gasteiger partial charge in [0.25, 0.3) is 0 Å². The highest BCUT2D eigenvalue weighted by molar-refractivity contribution is 5.72. The number of aliphatic carboxylic acids is 1. The first-order valence-electron chi connectivity index (χ1n) is 7.95. The number of hydrogen-bond acceptors (Lipinski definition) is 7. The second-order valence-electron chi connectivity index (χ2n) is 5.54. The molecule has 150 valence electrons. The number of carboxylic acid groups (broad SMARTS) is 1. The minimum atomic E-state index is -1.64. The van der Waals surface area contributed by atoms with Crippen LogP contribution in [0.25, 0.3) is 11.3 Å². The van der Waals surface area contributed by atoms with Gasteiger partial charge in [-0.2, -0.15) is 4.98 Å². The van der Waals surface area contributed by atoms with E-state index < -0.39 is 41.5 Å². The van der Waals surface area contributed by atoms with Crippen molar-refractivity contribution in [2.24, 2.45) is 0 Å². The molecule has 0 fully saturated rings. The van der Waals surface area contributed by atoms with Gasteiger partial charge in [0.05, 0.1) is 5.69 Å². The molecule has 0 atom stereocenters. The van der Waals surface area contributed by atoms with Crippen LogP contribution >= 0.6 is 0 Å². The molecule has 0 saturated heterocycles. The lowest BCUT2D eigenvalue weighted by molar-refractivity contribution is -0.134. The number of rotatable bonds is 7. The fourth-order valence-corrected chi connectivity index (χ4v) is 2.23. The van der Waals surface area contributed by atoms with Crippen molar-refractivity contribution in [3.8, 4) is 11.3 Å². The SMILES string of the molecule is O=C(O)CNc1nc(NNc2c(F)c(F)cc(F)c2F)cc(-c2ccncc2)n1. The van der Waals surface area contributed by atoms with Crippen LogP contribution in [-0.4, -0.2) is 32.6 Å². The van der Waals surface area contributed by atoms with Crippen LogP contribution in [0.5, 0.6) is 0 Å². The Kier molecular flexibility index (Phi) is 5.71. The molecular weight excluding hydrogens is 396 g/mol. The topological polar surface area (TPSA) is 112 Å². The van der Waals surface area contributed by atoms with Crippen molar-refractivity contribution in [3.63, 3.8) is 0 Å². The van der Waals surface area contributed by atoms with Crippen LogP contribution in [0.3, 0.4) is 0 Å². The van der Waals surface area contributed by atoms with Gasteiger partial charge in [-0.25, -0.2) is 22.5 Å². The van der Waals surface area contributed by atoms with Gasteiger partial charge in [0.15, 0.2) is 29.1 Å². The van der Waals surface area contributed by atoms with Gasteiger partial charge in [0, 0.05) is 30.1 Å². The third-order valence-corrected chi connectivity index (χ3v) is 3.53. The summed E-state index contributed by atoms with van der Waals surface area (Å²) in [4.78, 5) is 22.7. The number of halogens is 4. The Morgan fingerprint density at radius 3 is 2.24 bits per heavy atom. The van der Waals surface area contributed by atoms with E-state index in [0.717, 1.165) is 0 Å². The molecule has 0 bridgehead atoms. The fourth-order valence-electron chi connectivity index (χ4n) is 2.23. The van der Waals surface area contributed by atoms with Crippen LogP contribution in [0, 0.1) is 23.3 Å². The summed E-state index contributed by atoms with van der Waals surface area (Å²) >= 11 is 0. The number of carbonyl (C=O) groups is 1. The summed E-state index contributed by atoms with van der Waals surface area (Å²) < 4.78 is 54.2. The van der Waals surface area contributed by atoms with Crippen molar-refractivity contribution in [1.29, 1.82) is 0 Å². The predicted molar refractivity (Wildman–Crippen MR) is 94.9 cm³/mol. The van der Waals surface area contributed by atoms with Crippen LogP contribution in [-0.2, 0) is 4.79 Å². The van der Waals surface area contributed by atoms with E-state index in [0.29, 0.717) is 11.3 Å². The molecule has 0 aliphatic rings. The molecule has 0 saturated carbocycles. The molecule has 8 nitrogen and oxygen atoms in total. The zero-order valence-corrected chi connectivity index (χ0v) is 14.4. The zero-order chi connectivity index (χ0) is 21.0. The molecule has 3 aromatic rings. The van der Waals surface area contributed by atoms with Crippen LogP contribution in [0.1, 0.15) is 0 Å². The number of hydrogen-bond donors (Lipinski definition) is 4. The minimum Gasteiger partial charge on any atom is -0.480 e. The molecule has 12 heteroatoms. The van der Waals surface area contributed by atoms with E-state index in [9.17, 15) is 22.4 Å². The predicted octanol–water partition coefficient (Wildman–Crippen LogP) is 3.03. The summed E-state index contributed by atoms with van der Waals surface area (Å²) in [6, 6.07) is 4.67. The molecular formula is C17H12F4N6O2. The number of nitrogens with one attached hydrogen (secondary N) is 3. The minimum absolute atomic E-state index is 0.0665. The summed E-state index contributed by atoms with van der Waals surface area (Å²) in [5.41, 5.74) is 4.14. The molecule has 0 aliphatic carbocycles. The maximum Gasteiger partial charge on any atom is 0.322 e. The second kappa shape index (κ2) is 8.37. The summed E-state index contributed by atoms with van der Waals surface area (Å²) in [6.45, 7) is -0.495. The van der Waals surface area contributed by atoms with E-state index in [1.54, 1.807) is 12.1 Å². The quantitative estimate of drug-likeness (QED) is 0.268. The van der Waals surface area contributed by atoms with Crippen LogP contribution < -0.4 is 16.2 Å². The van der Waals surface area contributed by atoms with E-state index in [1.807, 2.05) is 5.43 Å². The van der Waals surface area contributed by atoms with E-state index in [2.05, 4.69) is 25.7 Å². The van der Waals surface area contributed by atoms with Crippen molar-refractivity contribution >= 4 is 23.4 Å². The average Bonchev–Trinajstić information content (AvgIpc) is 2.71. The van der Waals surface area contributed by atoms with E-state index in [1.165, 1.54) is 18.5 Å². The zero-order valence-electron chi connectivity index (χ0n) is 14.4. The Labute approximate surface area is 160 Å². The molecule has 0 unspecified atom stereocenters. The molecule has 0 radical (unpaired) electrons. The van der Waals surface area contributed by atoms with Gasteiger partial charge >= 0.3 is 5.97 Å². The highest BCUT2D eigenvalue weighted by Gasteiger charge is 2.19. The van der Waals surface area contributed by atoms with Gasteiger partial charge in [0.2, 0.25) is 5.95 Å². The molecule has 29 heavy (non-hydrogen) atoms. The number of carboxylic acids is 1. The Hall–Kier alpha value is -3.96.